The predicted molar refractivity (Wildman–Crippen MR) is 118 cm³/mol. The summed E-state index contributed by atoms with van der Waals surface area (Å²) in [5.41, 5.74) is 4.43. The normalized spacial score (nSPS) is 10.9. The van der Waals surface area contributed by atoms with Crippen molar-refractivity contribution < 1.29 is 4.79 Å². The number of para-hydroxylation sites is 1. The first-order valence-electron chi connectivity index (χ1n) is 8.59. The number of aryl methyl sites for hydroxylation is 1. The Balaban J connectivity index is 1.42. The van der Waals surface area contributed by atoms with Crippen molar-refractivity contribution in [1.29, 1.82) is 0 Å². The molecule has 0 spiro atoms. The molecule has 0 saturated carbocycles. The standard InChI is InChI=1S/C21H16ClN3OS2/c1-13-10-18(16-4-2-3-5-17(16)23-13)24-20(26)12-28-21-25-19(11-27-21)14-6-8-15(22)9-7-14/h2-11H,12H2,1H3,(H,23,24,26). The van der Waals surface area contributed by atoms with Gasteiger partial charge in [0.25, 0.3) is 0 Å². The van der Waals surface area contributed by atoms with Gasteiger partial charge < -0.3 is 5.32 Å². The average Bonchev–Trinajstić information content (AvgIpc) is 3.16. The number of fused-ring (bicyclic) bond motifs is 1. The Hall–Kier alpha value is -2.41. The van der Waals surface area contributed by atoms with Gasteiger partial charge in [-0.1, -0.05) is 53.7 Å². The number of nitrogens with zero attached hydrogens (tertiary/aromatic N) is 2. The van der Waals surface area contributed by atoms with Crippen LogP contribution < -0.4 is 5.32 Å². The van der Waals surface area contributed by atoms with Crippen LogP contribution in [0.3, 0.4) is 0 Å². The molecule has 0 radical (unpaired) electrons. The first-order chi connectivity index (χ1) is 13.6. The summed E-state index contributed by atoms with van der Waals surface area (Å²) in [5.74, 6) is 0.229. The SMILES string of the molecule is Cc1cc(NC(=O)CSc2nc(-c3ccc(Cl)cc3)cs2)c2ccccc2n1. The lowest BCUT2D eigenvalue weighted by molar-refractivity contribution is -0.113. The van der Waals surface area contributed by atoms with Crippen molar-refractivity contribution in [2.75, 3.05) is 11.1 Å². The zero-order valence-corrected chi connectivity index (χ0v) is 17.4. The van der Waals surface area contributed by atoms with Gasteiger partial charge in [-0.25, -0.2) is 4.98 Å². The summed E-state index contributed by atoms with van der Waals surface area (Å²) in [6.07, 6.45) is 0. The Morgan fingerprint density at radius 3 is 2.75 bits per heavy atom. The number of anilines is 1. The molecule has 1 amide bonds. The van der Waals surface area contributed by atoms with Gasteiger partial charge in [0, 0.05) is 27.0 Å². The quantitative estimate of drug-likeness (QED) is 0.395. The van der Waals surface area contributed by atoms with Crippen molar-refractivity contribution in [3.63, 3.8) is 0 Å². The highest BCUT2D eigenvalue weighted by Crippen LogP contribution is 2.29. The second-order valence-corrected chi connectivity index (χ2v) is 8.69. The Morgan fingerprint density at radius 1 is 1.14 bits per heavy atom. The minimum absolute atomic E-state index is 0.0657. The number of amides is 1. The van der Waals surface area contributed by atoms with Crippen LogP contribution in [0.15, 0.2) is 64.3 Å². The van der Waals surface area contributed by atoms with E-state index in [4.69, 9.17) is 11.6 Å². The summed E-state index contributed by atoms with van der Waals surface area (Å²) in [6, 6.07) is 17.3. The molecule has 0 aliphatic heterocycles. The highest BCUT2D eigenvalue weighted by molar-refractivity contribution is 8.01. The largest absolute Gasteiger partial charge is 0.325 e. The summed E-state index contributed by atoms with van der Waals surface area (Å²) in [6.45, 7) is 1.92. The van der Waals surface area contributed by atoms with Gasteiger partial charge in [-0.15, -0.1) is 11.3 Å². The van der Waals surface area contributed by atoms with Gasteiger partial charge >= 0.3 is 0 Å². The molecule has 7 heteroatoms. The molecule has 4 nitrogen and oxygen atoms in total. The van der Waals surface area contributed by atoms with Crippen molar-refractivity contribution in [3.05, 3.63) is 70.7 Å². The number of hydrogen-bond donors (Lipinski definition) is 1. The molecule has 0 bridgehead atoms. The Bertz CT molecular complexity index is 1140. The number of aromatic nitrogens is 2. The van der Waals surface area contributed by atoms with Crippen LogP contribution in [0.5, 0.6) is 0 Å². The van der Waals surface area contributed by atoms with E-state index in [1.54, 1.807) is 0 Å². The Kier molecular flexibility index (Phi) is 5.62. The fraction of sp³-hybridized carbons (Fsp3) is 0.0952. The zero-order valence-electron chi connectivity index (χ0n) is 15.0. The maximum absolute atomic E-state index is 12.5. The first kappa shape index (κ1) is 18.9. The summed E-state index contributed by atoms with van der Waals surface area (Å²) >= 11 is 8.89. The number of rotatable bonds is 5. The van der Waals surface area contributed by atoms with Gasteiger partial charge in [0.15, 0.2) is 4.34 Å². The highest BCUT2D eigenvalue weighted by Gasteiger charge is 2.11. The molecule has 0 aliphatic rings. The van der Waals surface area contributed by atoms with Crippen LogP contribution in [0.4, 0.5) is 5.69 Å². The van der Waals surface area contributed by atoms with Gasteiger partial charge in [-0.2, -0.15) is 0 Å². The fourth-order valence-electron chi connectivity index (χ4n) is 2.80. The van der Waals surface area contributed by atoms with E-state index in [2.05, 4.69) is 15.3 Å². The highest BCUT2D eigenvalue weighted by atomic mass is 35.5. The molecular formula is C21H16ClN3OS2. The van der Waals surface area contributed by atoms with Crippen LogP contribution in [-0.4, -0.2) is 21.6 Å². The van der Waals surface area contributed by atoms with Gasteiger partial charge in [-0.3, -0.25) is 9.78 Å². The molecule has 0 aliphatic carbocycles. The van der Waals surface area contributed by atoms with Crippen LogP contribution in [0.1, 0.15) is 5.69 Å². The van der Waals surface area contributed by atoms with Crippen LogP contribution in [0.2, 0.25) is 5.02 Å². The molecule has 2 heterocycles. The van der Waals surface area contributed by atoms with E-state index in [-0.39, 0.29) is 5.91 Å². The van der Waals surface area contributed by atoms with Crippen molar-refractivity contribution in [3.8, 4) is 11.3 Å². The van der Waals surface area contributed by atoms with E-state index in [9.17, 15) is 4.79 Å². The lowest BCUT2D eigenvalue weighted by Gasteiger charge is -2.09. The van der Waals surface area contributed by atoms with Crippen LogP contribution >= 0.6 is 34.7 Å². The monoisotopic (exact) mass is 425 g/mol. The molecule has 0 saturated heterocycles. The van der Waals surface area contributed by atoms with E-state index >= 15 is 0 Å². The summed E-state index contributed by atoms with van der Waals surface area (Å²) < 4.78 is 0.857. The van der Waals surface area contributed by atoms with Crippen LogP contribution in [-0.2, 0) is 4.79 Å². The maximum atomic E-state index is 12.5. The molecule has 0 fully saturated rings. The number of hydrogen-bond acceptors (Lipinski definition) is 5. The molecule has 0 atom stereocenters. The Labute approximate surface area is 176 Å². The van der Waals surface area contributed by atoms with E-state index in [1.807, 2.05) is 66.9 Å². The molecule has 2 aromatic heterocycles. The zero-order chi connectivity index (χ0) is 19.5. The molecule has 4 rings (SSSR count). The smallest absolute Gasteiger partial charge is 0.234 e. The van der Waals surface area contributed by atoms with Crippen LogP contribution in [0, 0.1) is 6.92 Å². The number of nitrogens with one attached hydrogen (secondary N) is 1. The topological polar surface area (TPSA) is 54.9 Å². The summed E-state index contributed by atoms with van der Waals surface area (Å²) in [4.78, 5) is 21.6. The molecule has 0 unspecified atom stereocenters. The molecular weight excluding hydrogens is 410 g/mol. The molecule has 2 aromatic carbocycles. The predicted octanol–water partition coefficient (Wildman–Crippen LogP) is 6.05. The lowest BCUT2D eigenvalue weighted by atomic mass is 10.1. The van der Waals surface area contributed by atoms with Gasteiger partial charge in [-0.05, 0) is 31.2 Å². The van der Waals surface area contributed by atoms with E-state index in [1.165, 1.54) is 23.1 Å². The fourth-order valence-corrected chi connectivity index (χ4v) is 4.56. The number of thioether (sulfide) groups is 1. The van der Waals surface area contributed by atoms with Crippen molar-refractivity contribution in [2.24, 2.45) is 0 Å². The minimum Gasteiger partial charge on any atom is -0.325 e. The molecule has 28 heavy (non-hydrogen) atoms. The average molecular weight is 426 g/mol. The molecule has 4 aromatic rings. The van der Waals surface area contributed by atoms with Crippen molar-refractivity contribution in [1.82, 2.24) is 9.97 Å². The van der Waals surface area contributed by atoms with Gasteiger partial charge in [0.05, 0.1) is 22.7 Å². The van der Waals surface area contributed by atoms with E-state index in [0.717, 1.165) is 37.9 Å². The third kappa shape index (κ3) is 4.35. The molecule has 1 N–H and O–H groups in total. The number of carbonyl (C=O) groups is 1. The lowest BCUT2D eigenvalue weighted by Crippen LogP contribution is -2.14. The number of benzene rings is 2. The van der Waals surface area contributed by atoms with Gasteiger partial charge in [0.1, 0.15) is 0 Å². The number of pyridine rings is 1. The van der Waals surface area contributed by atoms with Crippen LogP contribution in [0.25, 0.3) is 22.2 Å². The first-order valence-corrected chi connectivity index (χ1v) is 10.8. The minimum atomic E-state index is -0.0657. The van der Waals surface area contributed by atoms with Crippen molar-refractivity contribution in [2.45, 2.75) is 11.3 Å². The third-order valence-electron chi connectivity index (χ3n) is 4.07. The Morgan fingerprint density at radius 2 is 1.93 bits per heavy atom. The second-order valence-electron chi connectivity index (χ2n) is 6.17. The number of carbonyl (C=O) groups excluding carboxylic acids is 1. The van der Waals surface area contributed by atoms with E-state index in [0.29, 0.717) is 10.8 Å². The van der Waals surface area contributed by atoms with E-state index < -0.39 is 0 Å². The maximum Gasteiger partial charge on any atom is 0.234 e. The number of halogens is 1. The van der Waals surface area contributed by atoms with Gasteiger partial charge in [0.2, 0.25) is 5.91 Å². The number of thiazole rings is 1. The second kappa shape index (κ2) is 8.31. The summed E-state index contributed by atoms with van der Waals surface area (Å²) in [7, 11) is 0. The van der Waals surface area contributed by atoms with Crippen molar-refractivity contribution >= 4 is 57.2 Å². The third-order valence-corrected chi connectivity index (χ3v) is 6.34. The molecule has 140 valence electrons. The summed E-state index contributed by atoms with van der Waals surface area (Å²) in [5, 5.41) is 6.63.